The van der Waals surface area contributed by atoms with Gasteiger partial charge in [-0.05, 0) is 30.9 Å². The Morgan fingerprint density at radius 1 is 1.25 bits per heavy atom. The van der Waals surface area contributed by atoms with Gasteiger partial charge in [-0.3, -0.25) is 4.79 Å². The molecule has 8 nitrogen and oxygen atoms in total. The van der Waals surface area contributed by atoms with Gasteiger partial charge in [0.2, 0.25) is 5.91 Å². The number of nitrogens with one attached hydrogen (secondary N) is 3. The Bertz CT molecular complexity index is 1050. The number of nitrogens with two attached hydrogens (primary N) is 1. The van der Waals surface area contributed by atoms with Crippen molar-refractivity contribution in [2.75, 3.05) is 7.11 Å². The van der Waals surface area contributed by atoms with Crippen LogP contribution in [0.15, 0.2) is 36.7 Å². The van der Waals surface area contributed by atoms with Gasteiger partial charge in [0, 0.05) is 41.3 Å². The Morgan fingerprint density at radius 3 is 2.69 bits per heavy atom. The van der Waals surface area contributed by atoms with Crippen LogP contribution in [-0.4, -0.2) is 46.0 Å². The molecule has 1 aliphatic carbocycles. The molecule has 1 aromatic carbocycles. The van der Waals surface area contributed by atoms with Crippen LogP contribution in [0.3, 0.4) is 0 Å². The van der Waals surface area contributed by atoms with E-state index in [0.717, 1.165) is 40.8 Å². The number of carbonyl (C=O) groups excluding carboxylic acids is 2. The molecule has 2 heterocycles. The van der Waals surface area contributed by atoms with Crippen LogP contribution in [0.5, 0.6) is 0 Å². The van der Waals surface area contributed by atoms with Gasteiger partial charge in [-0.25, -0.2) is 9.78 Å². The first-order valence-electron chi connectivity index (χ1n) is 10.3. The number of benzene rings is 1. The van der Waals surface area contributed by atoms with Gasteiger partial charge in [0.15, 0.2) is 0 Å². The number of ether oxygens (including phenoxy) is 1. The lowest BCUT2D eigenvalue weighted by atomic mass is 9.85. The number of aromatic nitrogens is 3. The van der Waals surface area contributed by atoms with Crippen molar-refractivity contribution in [2.24, 2.45) is 5.73 Å². The molecular formula is C22H29Cl2N5O3. The van der Waals surface area contributed by atoms with E-state index in [2.05, 4.69) is 20.3 Å². The number of esters is 1. The van der Waals surface area contributed by atoms with Crippen molar-refractivity contribution in [3.05, 3.63) is 53.7 Å². The zero-order chi connectivity index (χ0) is 21.1. The summed E-state index contributed by atoms with van der Waals surface area (Å²) in [4.78, 5) is 35.9. The largest absolute Gasteiger partial charge is 0.467 e. The number of carbonyl (C=O) groups is 2. The lowest BCUT2D eigenvalue weighted by Gasteiger charge is -2.23. The number of hydrogen-bond acceptors (Lipinski definition) is 5. The Hall–Kier alpha value is -2.55. The molecule has 0 radical (unpaired) electrons. The molecule has 1 saturated carbocycles. The van der Waals surface area contributed by atoms with Gasteiger partial charge in [0.25, 0.3) is 0 Å². The Kier molecular flexibility index (Phi) is 9.12. The molecular weight excluding hydrogens is 453 g/mol. The second-order valence-corrected chi connectivity index (χ2v) is 7.88. The van der Waals surface area contributed by atoms with E-state index in [0.29, 0.717) is 12.3 Å². The monoisotopic (exact) mass is 481 g/mol. The van der Waals surface area contributed by atoms with Crippen LogP contribution in [0, 0.1) is 0 Å². The van der Waals surface area contributed by atoms with Crippen LogP contribution in [0.2, 0.25) is 0 Å². The smallest absolute Gasteiger partial charge is 0.328 e. The molecule has 0 bridgehead atoms. The molecule has 0 saturated heterocycles. The van der Waals surface area contributed by atoms with Crippen molar-refractivity contribution in [2.45, 2.75) is 50.1 Å². The van der Waals surface area contributed by atoms with Gasteiger partial charge < -0.3 is 25.8 Å². The second kappa shape index (κ2) is 11.4. The van der Waals surface area contributed by atoms with Crippen LogP contribution < -0.4 is 11.1 Å². The Morgan fingerprint density at radius 2 is 2.00 bits per heavy atom. The van der Waals surface area contributed by atoms with Crippen molar-refractivity contribution in [3.63, 3.8) is 0 Å². The first-order valence-corrected chi connectivity index (χ1v) is 10.3. The third-order valence-electron chi connectivity index (χ3n) is 5.82. The van der Waals surface area contributed by atoms with Gasteiger partial charge in [0.1, 0.15) is 11.9 Å². The molecule has 174 valence electrons. The van der Waals surface area contributed by atoms with Crippen LogP contribution in [0.1, 0.15) is 42.3 Å². The van der Waals surface area contributed by atoms with Gasteiger partial charge in [0.05, 0.1) is 13.2 Å². The maximum atomic E-state index is 12.7. The van der Waals surface area contributed by atoms with Crippen molar-refractivity contribution in [1.82, 2.24) is 20.3 Å². The summed E-state index contributed by atoms with van der Waals surface area (Å²) in [7, 11) is 1.31. The number of hydrogen-bond donors (Lipinski definition) is 4. The molecule has 1 fully saturated rings. The summed E-state index contributed by atoms with van der Waals surface area (Å²) in [6, 6.07) is 6.24. The van der Waals surface area contributed by atoms with Crippen molar-refractivity contribution >= 4 is 47.6 Å². The molecule has 1 amide bonds. The van der Waals surface area contributed by atoms with E-state index in [4.69, 9.17) is 10.5 Å². The Labute approximate surface area is 198 Å². The molecule has 1 aliphatic rings. The highest BCUT2D eigenvalue weighted by molar-refractivity contribution is 5.89. The number of halogens is 2. The number of H-pyrrole nitrogens is 2. The lowest BCUT2D eigenvalue weighted by molar-refractivity contribution is -0.145. The third-order valence-corrected chi connectivity index (χ3v) is 5.82. The highest BCUT2D eigenvalue weighted by Crippen LogP contribution is 2.34. The van der Waals surface area contributed by atoms with Crippen molar-refractivity contribution in [1.29, 1.82) is 0 Å². The van der Waals surface area contributed by atoms with E-state index in [1.807, 2.05) is 30.5 Å². The summed E-state index contributed by atoms with van der Waals surface area (Å²) in [5.41, 5.74) is 8.90. The number of amides is 1. The predicted octanol–water partition coefficient (Wildman–Crippen LogP) is 2.77. The third kappa shape index (κ3) is 5.62. The molecule has 2 atom stereocenters. The van der Waals surface area contributed by atoms with Crippen molar-refractivity contribution in [3.8, 4) is 0 Å². The number of fused-ring (bicyclic) bond motifs is 1. The summed E-state index contributed by atoms with van der Waals surface area (Å²) in [6.45, 7) is 0. The van der Waals surface area contributed by atoms with Gasteiger partial charge in [-0.2, -0.15) is 0 Å². The normalized spacial score (nSPS) is 15.1. The summed E-state index contributed by atoms with van der Waals surface area (Å²) in [5.74, 6) is 0.508. The molecule has 10 heteroatoms. The SMILES string of the molecule is COC(=O)[C@H](Cc1cnc(C2CCC2)[nH]1)NC(=O)[C@@H](N)Cc1c[nH]c2ccccc12.Cl.Cl. The minimum Gasteiger partial charge on any atom is -0.467 e. The number of aromatic amines is 2. The first-order chi connectivity index (χ1) is 14.5. The fourth-order valence-electron chi connectivity index (χ4n) is 3.83. The minimum atomic E-state index is -0.828. The molecule has 0 aliphatic heterocycles. The lowest BCUT2D eigenvalue weighted by Crippen LogP contribution is -2.50. The van der Waals surface area contributed by atoms with E-state index >= 15 is 0 Å². The summed E-state index contributed by atoms with van der Waals surface area (Å²) in [6.07, 6.45) is 7.71. The molecule has 0 unspecified atom stereocenters. The van der Waals surface area contributed by atoms with E-state index in [9.17, 15) is 9.59 Å². The van der Waals surface area contributed by atoms with E-state index in [-0.39, 0.29) is 31.2 Å². The summed E-state index contributed by atoms with van der Waals surface area (Å²) >= 11 is 0. The van der Waals surface area contributed by atoms with E-state index in [1.54, 1.807) is 6.20 Å². The Balaban J connectivity index is 0.00000181. The molecule has 32 heavy (non-hydrogen) atoms. The van der Waals surface area contributed by atoms with Crippen LogP contribution in [0.4, 0.5) is 0 Å². The standard InChI is InChI=1S/C22H27N5O3.2ClH/c1-30-22(29)19(10-15-12-25-20(26-15)13-5-4-6-13)27-21(28)17(23)9-14-11-24-18-8-3-2-7-16(14)18;;/h2-3,7-8,11-13,17,19,24H,4-6,9-10,23H2,1H3,(H,25,26)(H,27,28);2*1H/t17-,19-;;/m0../s1. The van der Waals surface area contributed by atoms with Crippen LogP contribution in [0.25, 0.3) is 10.9 Å². The summed E-state index contributed by atoms with van der Waals surface area (Å²) < 4.78 is 4.88. The fourth-order valence-corrected chi connectivity index (χ4v) is 3.83. The maximum absolute atomic E-state index is 12.7. The van der Waals surface area contributed by atoms with Gasteiger partial charge in [-0.15, -0.1) is 24.8 Å². The average Bonchev–Trinajstić information content (AvgIpc) is 3.33. The van der Waals surface area contributed by atoms with Crippen LogP contribution in [-0.2, 0) is 27.2 Å². The van der Waals surface area contributed by atoms with Gasteiger partial charge in [-0.1, -0.05) is 24.6 Å². The molecule has 4 rings (SSSR count). The predicted molar refractivity (Wildman–Crippen MR) is 127 cm³/mol. The summed E-state index contributed by atoms with van der Waals surface area (Å²) in [5, 5.41) is 3.78. The minimum absolute atomic E-state index is 0. The molecule has 5 N–H and O–H groups in total. The number of rotatable bonds is 8. The number of para-hydroxylation sites is 1. The zero-order valence-electron chi connectivity index (χ0n) is 17.8. The molecule has 0 spiro atoms. The van der Waals surface area contributed by atoms with Gasteiger partial charge >= 0.3 is 5.97 Å². The maximum Gasteiger partial charge on any atom is 0.328 e. The van der Waals surface area contributed by atoms with Crippen LogP contribution >= 0.6 is 24.8 Å². The topological polar surface area (TPSA) is 126 Å². The molecule has 3 aromatic rings. The number of methoxy groups -OCH3 is 1. The quantitative estimate of drug-likeness (QED) is 0.368. The average molecular weight is 482 g/mol. The number of imidazole rings is 1. The number of nitrogens with zero attached hydrogens (tertiary/aromatic N) is 1. The van der Waals surface area contributed by atoms with Crippen molar-refractivity contribution < 1.29 is 14.3 Å². The highest BCUT2D eigenvalue weighted by atomic mass is 35.5. The second-order valence-electron chi connectivity index (χ2n) is 7.88. The zero-order valence-corrected chi connectivity index (χ0v) is 19.4. The highest BCUT2D eigenvalue weighted by Gasteiger charge is 2.27. The first kappa shape index (κ1) is 25.7. The van der Waals surface area contributed by atoms with E-state index < -0.39 is 24.0 Å². The fraction of sp³-hybridized carbons (Fsp3) is 0.409. The van der Waals surface area contributed by atoms with E-state index in [1.165, 1.54) is 13.5 Å². The molecule has 2 aromatic heterocycles.